The molecule has 0 amide bonds. The first-order valence-corrected chi connectivity index (χ1v) is 9.12. The molecule has 2 rings (SSSR count). The van der Waals surface area contributed by atoms with E-state index in [0.717, 1.165) is 0 Å². The van der Waals surface area contributed by atoms with Crippen molar-refractivity contribution in [1.82, 2.24) is 0 Å². The summed E-state index contributed by atoms with van der Waals surface area (Å²) < 4.78 is 1.21. The Labute approximate surface area is 150 Å². The van der Waals surface area contributed by atoms with Gasteiger partial charge in [-0.15, -0.1) is 0 Å². The molecule has 0 atom stereocenters. The van der Waals surface area contributed by atoms with Gasteiger partial charge < -0.3 is 0 Å². The average molecular weight is 373 g/mol. The van der Waals surface area contributed by atoms with Crippen LogP contribution in [0.1, 0.15) is 63.8 Å². The Balaban J connectivity index is 2.72. The van der Waals surface area contributed by atoms with E-state index in [1.54, 1.807) is 0 Å². The second-order valence-electron chi connectivity index (χ2n) is 8.72. The number of benzene rings is 2. The molecular weight excluding hydrogens is 344 g/mol. The van der Waals surface area contributed by atoms with Crippen molar-refractivity contribution in [2.75, 3.05) is 0 Å². The summed E-state index contributed by atoms with van der Waals surface area (Å²) in [6.45, 7) is 18.1. The fraction of sp³-hybridized carbons (Fsp3) is 0.455. The van der Waals surface area contributed by atoms with Gasteiger partial charge in [-0.05, 0) is 58.1 Å². The first-order valence-electron chi connectivity index (χ1n) is 8.33. The van der Waals surface area contributed by atoms with Gasteiger partial charge in [-0.2, -0.15) is 0 Å². The minimum Gasteiger partial charge on any atom is -0.0561 e. The van der Waals surface area contributed by atoms with Crippen molar-refractivity contribution in [3.8, 4) is 11.1 Å². The van der Waals surface area contributed by atoms with Crippen molar-refractivity contribution < 1.29 is 0 Å². The molecule has 2 aromatic rings. The van der Waals surface area contributed by atoms with Crippen LogP contribution in [0.15, 0.2) is 34.8 Å². The molecule has 0 radical (unpaired) electrons. The highest BCUT2D eigenvalue weighted by molar-refractivity contribution is 9.10. The van der Waals surface area contributed by atoms with E-state index in [9.17, 15) is 0 Å². The summed E-state index contributed by atoms with van der Waals surface area (Å²) in [4.78, 5) is 0. The smallest absolute Gasteiger partial charge is 0.0234 e. The predicted molar refractivity (Wildman–Crippen MR) is 106 cm³/mol. The van der Waals surface area contributed by atoms with E-state index >= 15 is 0 Å². The van der Waals surface area contributed by atoms with Crippen LogP contribution in [-0.4, -0.2) is 0 Å². The first-order chi connectivity index (χ1) is 10.4. The Bertz CT molecular complexity index is 669. The number of hydrogen-bond acceptors (Lipinski definition) is 0. The second-order valence-corrected chi connectivity index (χ2v) is 9.52. The van der Waals surface area contributed by atoms with E-state index in [0.29, 0.717) is 0 Å². The van der Waals surface area contributed by atoms with Crippen molar-refractivity contribution in [2.24, 2.45) is 0 Å². The van der Waals surface area contributed by atoms with Crippen LogP contribution >= 0.6 is 15.9 Å². The van der Waals surface area contributed by atoms with Gasteiger partial charge in [-0.1, -0.05) is 87.8 Å². The van der Waals surface area contributed by atoms with Crippen LogP contribution in [-0.2, 0) is 10.8 Å². The zero-order valence-electron chi connectivity index (χ0n) is 15.8. The number of aryl methyl sites for hydroxylation is 2. The molecule has 0 bridgehead atoms. The van der Waals surface area contributed by atoms with E-state index in [-0.39, 0.29) is 10.8 Å². The largest absolute Gasteiger partial charge is 0.0561 e. The number of rotatable bonds is 1. The molecule has 1 heteroatoms. The molecule has 0 aromatic heterocycles. The van der Waals surface area contributed by atoms with Crippen molar-refractivity contribution in [2.45, 2.75) is 66.2 Å². The Hall–Kier alpha value is -1.08. The maximum absolute atomic E-state index is 3.68. The van der Waals surface area contributed by atoms with E-state index in [1.807, 2.05) is 0 Å². The summed E-state index contributed by atoms with van der Waals surface area (Å²) in [6, 6.07) is 11.7. The van der Waals surface area contributed by atoms with Crippen LogP contribution < -0.4 is 0 Å². The van der Waals surface area contributed by atoms with Crippen LogP contribution in [0.2, 0.25) is 0 Å². The van der Waals surface area contributed by atoms with Crippen molar-refractivity contribution in [3.05, 3.63) is 57.1 Å². The van der Waals surface area contributed by atoms with Gasteiger partial charge in [0.15, 0.2) is 0 Å². The van der Waals surface area contributed by atoms with Crippen molar-refractivity contribution >= 4 is 15.9 Å². The molecule has 0 N–H and O–H groups in total. The minimum absolute atomic E-state index is 0.148. The molecule has 0 aliphatic rings. The highest BCUT2D eigenvalue weighted by Crippen LogP contribution is 2.35. The third-order valence-electron chi connectivity index (χ3n) is 4.43. The third kappa shape index (κ3) is 4.07. The fourth-order valence-corrected chi connectivity index (χ4v) is 3.00. The van der Waals surface area contributed by atoms with E-state index in [1.165, 1.54) is 37.9 Å². The van der Waals surface area contributed by atoms with Crippen molar-refractivity contribution in [1.29, 1.82) is 0 Å². The Morgan fingerprint density at radius 1 is 0.609 bits per heavy atom. The maximum Gasteiger partial charge on any atom is 0.0234 e. The highest BCUT2D eigenvalue weighted by Gasteiger charge is 2.21. The summed E-state index contributed by atoms with van der Waals surface area (Å²) >= 11 is 3.68. The summed E-state index contributed by atoms with van der Waals surface area (Å²) in [5.41, 5.74) is 8.30. The van der Waals surface area contributed by atoms with E-state index in [2.05, 4.69) is 102 Å². The lowest BCUT2D eigenvalue weighted by molar-refractivity contribution is 0.569. The molecular formula is C22H29Br. The molecule has 0 aliphatic carbocycles. The van der Waals surface area contributed by atoms with Gasteiger partial charge >= 0.3 is 0 Å². The van der Waals surface area contributed by atoms with Gasteiger partial charge in [-0.3, -0.25) is 0 Å². The Morgan fingerprint density at radius 2 is 0.957 bits per heavy atom. The van der Waals surface area contributed by atoms with E-state index < -0.39 is 0 Å². The lowest BCUT2D eigenvalue weighted by Gasteiger charge is -2.26. The van der Waals surface area contributed by atoms with Gasteiger partial charge in [-0.25, -0.2) is 0 Å². The standard InChI is InChI=1S/C22H29Br/c1-14-9-16(10-15(2)20(14)23)17-11-18(21(3,4)5)13-19(12-17)22(6,7)8/h9-13H,1-8H3. The van der Waals surface area contributed by atoms with Crippen LogP contribution in [0.25, 0.3) is 11.1 Å². The molecule has 0 spiro atoms. The molecule has 0 saturated heterocycles. The molecule has 0 unspecified atom stereocenters. The molecule has 0 fully saturated rings. The van der Waals surface area contributed by atoms with Crippen LogP contribution in [0, 0.1) is 13.8 Å². The van der Waals surface area contributed by atoms with Crippen molar-refractivity contribution in [3.63, 3.8) is 0 Å². The van der Waals surface area contributed by atoms with Gasteiger partial charge in [0.2, 0.25) is 0 Å². The Kier molecular flexibility index (Phi) is 4.84. The topological polar surface area (TPSA) is 0 Å². The molecule has 0 heterocycles. The molecule has 23 heavy (non-hydrogen) atoms. The maximum atomic E-state index is 3.68. The van der Waals surface area contributed by atoms with Gasteiger partial charge in [0, 0.05) is 4.47 Å². The minimum atomic E-state index is 0.148. The summed E-state index contributed by atoms with van der Waals surface area (Å²) in [7, 11) is 0. The monoisotopic (exact) mass is 372 g/mol. The normalized spacial score (nSPS) is 12.6. The summed E-state index contributed by atoms with van der Waals surface area (Å²) in [5.74, 6) is 0. The Morgan fingerprint density at radius 3 is 1.30 bits per heavy atom. The predicted octanol–water partition coefficient (Wildman–Crippen LogP) is 7.33. The lowest BCUT2D eigenvalue weighted by Crippen LogP contribution is -2.16. The van der Waals surface area contributed by atoms with Crippen LogP contribution in [0.5, 0.6) is 0 Å². The summed E-state index contributed by atoms with van der Waals surface area (Å²) in [5, 5.41) is 0. The molecule has 124 valence electrons. The van der Waals surface area contributed by atoms with Crippen LogP contribution in [0.4, 0.5) is 0 Å². The fourth-order valence-electron chi connectivity index (χ4n) is 2.77. The molecule has 0 nitrogen and oxygen atoms in total. The molecule has 0 aliphatic heterocycles. The molecule has 2 aromatic carbocycles. The van der Waals surface area contributed by atoms with Gasteiger partial charge in [0.25, 0.3) is 0 Å². The lowest BCUT2D eigenvalue weighted by atomic mass is 9.79. The van der Waals surface area contributed by atoms with E-state index in [4.69, 9.17) is 0 Å². The van der Waals surface area contributed by atoms with Crippen LogP contribution in [0.3, 0.4) is 0 Å². The second kappa shape index (κ2) is 6.09. The van der Waals surface area contributed by atoms with Gasteiger partial charge in [0.1, 0.15) is 0 Å². The van der Waals surface area contributed by atoms with Gasteiger partial charge in [0.05, 0.1) is 0 Å². The average Bonchev–Trinajstić information content (AvgIpc) is 2.41. The quantitative estimate of drug-likeness (QED) is 0.491. The zero-order chi connectivity index (χ0) is 17.6. The first kappa shape index (κ1) is 18.3. The third-order valence-corrected chi connectivity index (χ3v) is 5.69. The molecule has 0 saturated carbocycles. The summed E-state index contributed by atoms with van der Waals surface area (Å²) in [6.07, 6.45) is 0. The number of halogens is 1. The SMILES string of the molecule is Cc1cc(-c2cc(C(C)(C)C)cc(C(C)(C)C)c2)cc(C)c1Br. The number of hydrogen-bond donors (Lipinski definition) is 0. The zero-order valence-corrected chi connectivity index (χ0v) is 17.4. The highest BCUT2D eigenvalue weighted by atomic mass is 79.9.